The van der Waals surface area contributed by atoms with Crippen molar-refractivity contribution in [1.82, 2.24) is 9.80 Å². The van der Waals surface area contributed by atoms with Crippen LogP contribution < -0.4 is 0 Å². The summed E-state index contributed by atoms with van der Waals surface area (Å²) in [4.78, 5) is 27.9. The second-order valence-corrected chi connectivity index (χ2v) is 11.4. The molecular weight excluding hydrogens is 380 g/mol. The molecule has 1 aromatic rings. The minimum atomic E-state index is -3.63. The Morgan fingerprint density at radius 3 is 2.64 bits per heavy atom. The summed E-state index contributed by atoms with van der Waals surface area (Å²) in [5, 5.41) is 8.55. The van der Waals surface area contributed by atoms with Crippen LogP contribution in [0.25, 0.3) is 0 Å². The molecule has 1 aromatic carbocycles. The number of carbonyl (C=O) groups excluding carboxylic acids is 1. The van der Waals surface area contributed by atoms with Crippen LogP contribution in [0.5, 0.6) is 0 Å². The van der Waals surface area contributed by atoms with Crippen LogP contribution >= 0.6 is 0 Å². The predicted molar refractivity (Wildman–Crippen MR) is 106 cm³/mol. The lowest BCUT2D eigenvalue weighted by Crippen LogP contribution is -2.68. The molecule has 0 radical (unpaired) electrons. The maximum absolute atomic E-state index is 13.1. The van der Waals surface area contributed by atoms with E-state index < -0.39 is 26.2 Å². The minimum Gasteiger partial charge on any atom is -0.614 e. The number of carboxylic acid groups (broad SMARTS) is 1. The van der Waals surface area contributed by atoms with Crippen LogP contribution in [0.15, 0.2) is 24.3 Å². The number of rotatable bonds is 5. The number of fused-ring (bicyclic) bond motifs is 1. The first-order chi connectivity index (χ1) is 12.9. The number of hydrogen-bond acceptors (Lipinski definition) is 5. The molecule has 28 heavy (non-hydrogen) atoms. The van der Waals surface area contributed by atoms with Crippen LogP contribution in [0, 0.1) is 5.92 Å². The Morgan fingerprint density at radius 2 is 2.04 bits per heavy atom. The highest BCUT2D eigenvalue weighted by Gasteiger charge is 2.63. The minimum absolute atomic E-state index is 0.208. The predicted octanol–water partition coefficient (Wildman–Crippen LogP) is 1.84. The van der Waals surface area contributed by atoms with Gasteiger partial charge in [0, 0.05) is 26.2 Å². The SMILES string of the molecule is CC(C)CN1C(=O)C(C)(C)[S+](=O)([O-])[C@H]2CN(Cc3cccc(C(=O)O)c3)C[C@@H]21. The van der Waals surface area contributed by atoms with Gasteiger partial charge in [-0.05, 0) is 37.5 Å². The maximum atomic E-state index is 13.1. The number of carboxylic acids is 1. The number of nitrogens with zero attached hydrogens (tertiary/aromatic N) is 2. The van der Waals surface area contributed by atoms with Crippen molar-refractivity contribution in [2.24, 2.45) is 5.92 Å². The van der Waals surface area contributed by atoms with E-state index in [1.165, 1.54) is 19.9 Å². The van der Waals surface area contributed by atoms with Gasteiger partial charge in [0.2, 0.25) is 4.75 Å². The molecule has 8 heteroatoms. The smallest absolute Gasteiger partial charge is 0.335 e. The summed E-state index contributed by atoms with van der Waals surface area (Å²) in [5.41, 5.74) is 1.02. The summed E-state index contributed by atoms with van der Waals surface area (Å²) in [6.07, 6.45) is 0. The van der Waals surface area contributed by atoms with Gasteiger partial charge in [-0.2, -0.15) is 0 Å². The zero-order valence-corrected chi connectivity index (χ0v) is 17.6. The molecule has 1 amide bonds. The molecule has 2 fully saturated rings. The summed E-state index contributed by atoms with van der Waals surface area (Å²) >= 11 is 0. The average molecular weight is 409 g/mol. The molecule has 0 saturated carbocycles. The van der Waals surface area contributed by atoms with Crippen LogP contribution in [0.2, 0.25) is 0 Å². The summed E-state index contributed by atoms with van der Waals surface area (Å²) in [5.74, 6) is -1.07. The average Bonchev–Trinajstić information content (AvgIpc) is 3.02. The molecule has 7 nitrogen and oxygen atoms in total. The van der Waals surface area contributed by atoms with Gasteiger partial charge >= 0.3 is 5.97 Å². The first kappa shape index (κ1) is 21.0. The van der Waals surface area contributed by atoms with E-state index in [0.29, 0.717) is 26.2 Å². The Morgan fingerprint density at radius 1 is 1.36 bits per heavy atom. The van der Waals surface area contributed by atoms with Gasteiger partial charge in [0.15, 0.2) is 5.25 Å². The van der Waals surface area contributed by atoms with E-state index in [0.717, 1.165) is 5.56 Å². The van der Waals surface area contributed by atoms with Gasteiger partial charge < -0.3 is 14.6 Å². The molecule has 1 N–H and O–H groups in total. The molecule has 0 bridgehead atoms. The van der Waals surface area contributed by atoms with Gasteiger partial charge in [-0.15, -0.1) is 4.21 Å². The fourth-order valence-corrected chi connectivity index (χ4v) is 6.41. The van der Waals surface area contributed by atoms with E-state index >= 15 is 0 Å². The van der Waals surface area contributed by atoms with Crippen molar-refractivity contribution in [3.63, 3.8) is 0 Å². The standard InChI is InChI=1S/C20H28N2O5S/c1-13(2)9-22-16-11-21(10-14-6-5-7-15(8-14)18(23)24)12-17(16)28(26,27)20(3,4)19(22)25/h5-8,13,16-17H,9-12H2,1-4H3,(H-,23,24,26,27)/t16-,17-/m0/s1. The molecule has 0 aliphatic carbocycles. The normalized spacial score (nSPS) is 29.9. The molecule has 154 valence electrons. The summed E-state index contributed by atoms with van der Waals surface area (Å²) in [6, 6.07) is 6.31. The Labute approximate surface area is 167 Å². The van der Waals surface area contributed by atoms with E-state index in [2.05, 4.69) is 0 Å². The number of hydrogen-bond donors (Lipinski definition) is 1. The largest absolute Gasteiger partial charge is 0.614 e. The molecule has 2 aliphatic rings. The van der Waals surface area contributed by atoms with Crippen LogP contribution in [-0.2, 0) is 25.8 Å². The van der Waals surface area contributed by atoms with Gasteiger partial charge in [-0.1, -0.05) is 26.0 Å². The van der Waals surface area contributed by atoms with Crippen LogP contribution in [-0.4, -0.2) is 67.0 Å². The number of aromatic carboxylic acids is 1. The van der Waals surface area contributed by atoms with Gasteiger partial charge in [0.25, 0.3) is 5.91 Å². The molecule has 2 heterocycles. The Hall–Kier alpha value is -1.77. The van der Waals surface area contributed by atoms with E-state index in [1.54, 1.807) is 17.0 Å². The lowest BCUT2D eigenvalue weighted by atomic mass is 10.1. The quantitative estimate of drug-likeness (QED) is 0.746. The van der Waals surface area contributed by atoms with Crippen molar-refractivity contribution < 1.29 is 23.5 Å². The molecule has 0 aromatic heterocycles. The van der Waals surface area contributed by atoms with Gasteiger partial charge in [-0.25, -0.2) is 4.79 Å². The first-order valence-electron chi connectivity index (χ1n) is 9.54. The second kappa shape index (κ2) is 7.24. The maximum Gasteiger partial charge on any atom is 0.335 e. The lowest BCUT2D eigenvalue weighted by Gasteiger charge is -2.47. The topological polar surface area (TPSA) is 101 Å². The molecule has 0 spiro atoms. The number of amides is 1. The summed E-state index contributed by atoms with van der Waals surface area (Å²) in [6.45, 7) is 8.84. The molecule has 3 atom stereocenters. The van der Waals surface area contributed by atoms with Crippen LogP contribution in [0.1, 0.15) is 43.6 Å². The third kappa shape index (κ3) is 3.49. The van der Waals surface area contributed by atoms with E-state index in [4.69, 9.17) is 0 Å². The highest BCUT2D eigenvalue weighted by atomic mass is 32.3. The van der Waals surface area contributed by atoms with Crippen molar-refractivity contribution in [2.75, 3.05) is 19.6 Å². The second-order valence-electron chi connectivity index (χ2n) is 8.71. The van der Waals surface area contributed by atoms with E-state index in [9.17, 15) is 23.5 Å². The third-order valence-electron chi connectivity index (χ3n) is 5.74. The highest BCUT2D eigenvalue weighted by Crippen LogP contribution is 2.41. The molecule has 3 rings (SSSR count). The number of carbonyl (C=O) groups is 2. The first-order valence-corrected chi connectivity index (χ1v) is 11.1. The van der Waals surface area contributed by atoms with E-state index in [1.807, 2.05) is 24.8 Å². The lowest BCUT2D eigenvalue weighted by molar-refractivity contribution is -0.137. The summed E-state index contributed by atoms with van der Waals surface area (Å²) < 4.78 is 24.9. The molecule has 2 saturated heterocycles. The third-order valence-corrected chi connectivity index (χ3v) is 8.60. The fraction of sp³-hybridized carbons (Fsp3) is 0.600. The number of sulfone groups is 1. The number of benzene rings is 1. The van der Waals surface area contributed by atoms with Crippen molar-refractivity contribution in [3.05, 3.63) is 35.4 Å². The van der Waals surface area contributed by atoms with Crippen LogP contribution in [0.3, 0.4) is 0 Å². The molecule has 2 aliphatic heterocycles. The van der Waals surface area contributed by atoms with Crippen molar-refractivity contribution in [3.8, 4) is 0 Å². The van der Waals surface area contributed by atoms with Crippen LogP contribution in [0.4, 0.5) is 0 Å². The van der Waals surface area contributed by atoms with Crippen molar-refractivity contribution >= 4 is 22.1 Å². The zero-order valence-electron chi connectivity index (χ0n) is 16.8. The zero-order chi connectivity index (χ0) is 20.9. The van der Waals surface area contributed by atoms with Gasteiger partial charge in [-0.3, -0.25) is 9.69 Å². The Bertz CT molecular complexity index is 838. The molecule has 1 unspecified atom stereocenters. The highest BCUT2D eigenvalue weighted by molar-refractivity contribution is 8.00. The van der Waals surface area contributed by atoms with Crippen molar-refractivity contribution in [1.29, 1.82) is 0 Å². The number of likely N-dealkylation sites (tertiary alicyclic amines) is 1. The monoisotopic (exact) mass is 408 g/mol. The van der Waals surface area contributed by atoms with Crippen molar-refractivity contribution in [2.45, 2.75) is 50.3 Å². The Kier molecular flexibility index (Phi) is 5.42. The Balaban J connectivity index is 1.87. The van der Waals surface area contributed by atoms with E-state index in [-0.39, 0.29) is 23.4 Å². The molecular formula is C20H28N2O5S. The fourth-order valence-electron chi connectivity index (χ4n) is 4.24. The van der Waals surface area contributed by atoms with Gasteiger partial charge in [0.05, 0.1) is 21.8 Å². The van der Waals surface area contributed by atoms with Gasteiger partial charge in [0.1, 0.15) is 0 Å². The summed E-state index contributed by atoms with van der Waals surface area (Å²) in [7, 11) is -3.63.